The third kappa shape index (κ3) is 4.08. The van der Waals surface area contributed by atoms with Crippen molar-refractivity contribution in [2.75, 3.05) is 0 Å². The Labute approximate surface area is 141 Å². The van der Waals surface area contributed by atoms with E-state index in [0.29, 0.717) is 16.4 Å². The minimum atomic E-state index is -2.85. The van der Waals surface area contributed by atoms with Crippen LogP contribution in [-0.2, 0) is 4.79 Å². The van der Waals surface area contributed by atoms with Gasteiger partial charge >= 0.3 is 5.97 Å². The molecule has 9 heteroatoms. The molecule has 0 aliphatic heterocycles. The smallest absolute Gasteiger partial charge is 0.326 e. The van der Waals surface area contributed by atoms with Crippen molar-refractivity contribution in [3.8, 4) is 5.69 Å². The van der Waals surface area contributed by atoms with Crippen LogP contribution >= 0.6 is 11.6 Å². The van der Waals surface area contributed by atoms with Gasteiger partial charge in [0.05, 0.1) is 23.1 Å². The molecule has 0 aliphatic carbocycles. The van der Waals surface area contributed by atoms with Gasteiger partial charge in [-0.2, -0.15) is 5.10 Å². The quantitative estimate of drug-likeness (QED) is 0.832. The molecule has 0 spiro atoms. The van der Waals surface area contributed by atoms with Gasteiger partial charge in [0.15, 0.2) is 0 Å². The standard InChI is InChI=1S/C15H14ClF2N3O3/c1-8-11(14(22)20-12(15(23)24)6-13(17)18)7-19-21(8)10-4-2-3-9(16)5-10/h2-5,7,12-13H,6H2,1H3,(H,20,22)(H,23,24). The zero-order valence-electron chi connectivity index (χ0n) is 12.5. The highest BCUT2D eigenvalue weighted by Crippen LogP contribution is 2.18. The Kier molecular flexibility index (Phi) is 5.50. The maximum Gasteiger partial charge on any atom is 0.326 e. The van der Waals surface area contributed by atoms with Gasteiger partial charge in [-0.15, -0.1) is 0 Å². The van der Waals surface area contributed by atoms with Gasteiger partial charge in [0.1, 0.15) is 6.04 Å². The fourth-order valence-corrected chi connectivity index (χ4v) is 2.32. The molecule has 1 heterocycles. The summed E-state index contributed by atoms with van der Waals surface area (Å²) >= 11 is 5.91. The van der Waals surface area contributed by atoms with Crippen LogP contribution in [0.1, 0.15) is 22.5 Å². The number of hydrogen-bond donors (Lipinski definition) is 2. The van der Waals surface area contributed by atoms with Crippen molar-refractivity contribution in [2.24, 2.45) is 0 Å². The van der Waals surface area contributed by atoms with Crippen LogP contribution in [0.25, 0.3) is 5.69 Å². The fraction of sp³-hybridized carbons (Fsp3) is 0.267. The van der Waals surface area contributed by atoms with Gasteiger partial charge in [-0.1, -0.05) is 17.7 Å². The Morgan fingerprint density at radius 1 is 1.42 bits per heavy atom. The molecule has 2 rings (SSSR count). The third-order valence-electron chi connectivity index (χ3n) is 3.32. The van der Waals surface area contributed by atoms with Crippen molar-refractivity contribution < 1.29 is 23.5 Å². The Hall–Kier alpha value is -2.48. The van der Waals surface area contributed by atoms with Crippen LogP contribution in [0, 0.1) is 6.92 Å². The molecule has 0 fully saturated rings. The molecule has 1 amide bonds. The van der Waals surface area contributed by atoms with Crippen LogP contribution in [0.5, 0.6) is 0 Å². The molecule has 24 heavy (non-hydrogen) atoms. The normalized spacial score (nSPS) is 12.2. The number of alkyl halides is 2. The van der Waals surface area contributed by atoms with Crippen LogP contribution in [-0.4, -0.2) is 39.2 Å². The fourth-order valence-electron chi connectivity index (χ4n) is 2.14. The molecule has 0 aliphatic rings. The summed E-state index contributed by atoms with van der Waals surface area (Å²) < 4.78 is 26.2. The van der Waals surface area contributed by atoms with E-state index < -0.39 is 30.8 Å². The Balaban J connectivity index is 2.23. The first kappa shape index (κ1) is 17.9. The Morgan fingerprint density at radius 3 is 2.71 bits per heavy atom. The first-order valence-corrected chi connectivity index (χ1v) is 7.29. The van der Waals surface area contributed by atoms with Crippen LogP contribution in [0.4, 0.5) is 8.78 Å². The lowest BCUT2D eigenvalue weighted by Crippen LogP contribution is -2.42. The summed E-state index contributed by atoms with van der Waals surface area (Å²) in [5.41, 5.74) is 1.13. The molecule has 1 unspecified atom stereocenters. The average Bonchev–Trinajstić information content (AvgIpc) is 2.87. The number of benzene rings is 1. The summed E-state index contributed by atoms with van der Waals surface area (Å²) in [6.45, 7) is 1.60. The third-order valence-corrected chi connectivity index (χ3v) is 3.56. The number of amides is 1. The largest absolute Gasteiger partial charge is 0.480 e. The lowest BCUT2D eigenvalue weighted by atomic mass is 10.2. The Bertz CT molecular complexity index is 764. The second-order valence-corrected chi connectivity index (χ2v) is 5.46. The highest BCUT2D eigenvalue weighted by molar-refractivity contribution is 6.30. The van der Waals surface area contributed by atoms with Crippen molar-refractivity contribution in [3.63, 3.8) is 0 Å². The number of hydrogen-bond acceptors (Lipinski definition) is 3. The minimum Gasteiger partial charge on any atom is -0.480 e. The number of rotatable bonds is 6. The first-order valence-electron chi connectivity index (χ1n) is 6.92. The molecule has 2 aromatic rings. The van der Waals surface area contributed by atoms with Crippen molar-refractivity contribution in [2.45, 2.75) is 25.8 Å². The van der Waals surface area contributed by atoms with Gasteiger partial charge in [0, 0.05) is 11.4 Å². The zero-order chi connectivity index (χ0) is 17.9. The SMILES string of the molecule is Cc1c(C(=O)NC(CC(F)F)C(=O)O)cnn1-c1cccc(Cl)c1. The molecule has 6 nitrogen and oxygen atoms in total. The van der Waals surface area contributed by atoms with Gasteiger partial charge in [-0.25, -0.2) is 18.3 Å². The van der Waals surface area contributed by atoms with Gasteiger partial charge < -0.3 is 10.4 Å². The van der Waals surface area contributed by atoms with E-state index in [0.717, 1.165) is 0 Å². The number of aliphatic carboxylic acids is 1. The maximum absolute atomic E-state index is 12.4. The highest BCUT2D eigenvalue weighted by Gasteiger charge is 2.26. The summed E-state index contributed by atoms with van der Waals surface area (Å²) in [6, 6.07) is 5.08. The van der Waals surface area contributed by atoms with E-state index in [1.165, 1.54) is 10.9 Å². The number of carbonyl (C=O) groups excluding carboxylic acids is 1. The molecule has 0 saturated heterocycles. The molecule has 0 bridgehead atoms. The zero-order valence-corrected chi connectivity index (χ0v) is 13.3. The number of halogens is 3. The predicted molar refractivity (Wildman–Crippen MR) is 82.8 cm³/mol. The lowest BCUT2D eigenvalue weighted by molar-refractivity contribution is -0.140. The van der Waals surface area contributed by atoms with E-state index in [4.69, 9.17) is 16.7 Å². The van der Waals surface area contributed by atoms with Crippen LogP contribution in [0.15, 0.2) is 30.5 Å². The van der Waals surface area contributed by atoms with E-state index in [-0.39, 0.29) is 5.56 Å². The summed E-state index contributed by atoms with van der Waals surface area (Å²) in [7, 11) is 0. The van der Waals surface area contributed by atoms with E-state index in [1.807, 2.05) is 0 Å². The molecule has 1 atom stereocenters. The summed E-state index contributed by atoms with van der Waals surface area (Å²) in [4.78, 5) is 23.1. The van der Waals surface area contributed by atoms with Crippen molar-refractivity contribution in [1.29, 1.82) is 0 Å². The highest BCUT2D eigenvalue weighted by atomic mass is 35.5. The number of aromatic nitrogens is 2. The maximum atomic E-state index is 12.4. The van der Waals surface area contributed by atoms with Crippen LogP contribution in [0.2, 0.25) is 5.02 Å². The van der Waals surface area contributed by atoms with Crippen molar-refractivity contribution in [3.05, 3.63) is 46.7 Å². The number of carbonyl (C=O) groups is 2. The predicted octanol–water partition coefficient (Wildman–Crippen LogP) is 2.67. The molecular weight excluding hydrogens is 344 g/mol. The second kappa shape index (κ2) is 7.39. The summed E-state index contributed by atoms with van der Waals surface area (Å²) in [5, 5.41) is 15.5. The number of nitrogens with zero attached hydrogens (tertiary/aromatic N) is 2. The van der Waals surface area contributed by atoms with Crippen molar-refractivity contribution in [1.82, 2.24) is 15.1 Å². The van der Waals surface area contributed by atoms with Crippen LogP contribution in [0.3, 0.4) is 0 Å². The van der Waals surface area contributed by atoms with E-state index >= 15 is 0 Å². The molecule has 2 N–H and O–H groups in total. The molecular formula is C15H14ClF2N3O3. The van der Waals surface area contributed by atoms with Crippen molar-refractivity contribution >= 4 is 23.5 Å². The van der Waals surface area contributed by atoms with Gasteiger partial charge in [0.2, 0.25) is 6.43 Å². The van der Waals surface area contributed by atoms with E-state index in [9.17, 15) is 18.4 Å². The average molecular weight is 358 g/mol. The van der Waals surface area contributed by atoms with E-state index in [1.54, 1.807) is 31.2 Å². The lowest BCUT2D eigenvalue weighted by Gasteiger charge is -2.13. The molecule has 1 aromatic heterocycles. The number of carboxylic acid groups (broad SMARTS) is 1. The first-order chi connectivity index (χ1) is 11.3. The molecule has 0 radical (unpaired) electrons. The summed E-state index contributed by atoms with van der Waals surface area (Å²) in [6.07, 6.45) is -2.57. The summed E-state index contributed by atoms with van der Waals surface area (Å²) in [5.74, 6) is -2.31. The second-order valence-electron chi connectivity index (χ2n) is 5.03. The van der Waals surface area contributed by atoms with Gasteiger partial charge in [-0.05, 0) is 25.1 Å². The Morgan fingerprint density at radius 2 is 2.12 bits per heavy atom. The molecule has 0 saturated carbocycles. The monoisotopic (exact) mass is 357 g/mol. The minimum absolute atomic E-state index is 0.0930. The van der Waals surface area contributed by atoms with Gasteiger partial charge in [-0.3, -0.25) is 4.79 Å². The van der Waals surface area contributed by atoms with Gasteiger partial charge in [0.25, 0.3) is 5.91 Å². The molecule has 128 valence electrons. The van der Waals surface area contributed by atoms with E-state index in [2.05, 4.69) is 10.4 Å². The topological polar surface area (TPSA) is 84.2 Å². The number of nitrogens with one attached hydrogen (secondary N) is 1. The molecule has 1 aromatic carbocycles. The van der Waals surface area contributed by atoms with Crippen LogP contribution < -0.4 is 5.32 Å². The number of carboxylic acids is 1.